The van der Waals surface area contributed by atoms with Gasteiger partial charge in [-0.05, 0) is 19.4 Å². The summed E-state index contributed by atoms with van der Waals surface area (Å²) in [6.07, 6.45) is 2.09. The lowest BCUT2D eigenvalue weighted by Crippen LogP contribution is -2.55. The van der Waals surface area contributed by atoms with Gasteiger partial charge in [-0.2, -0.15) is 0 Å². The van der Waals surface area contributed by atoms with Gasteiger partial charge < -0.3 is 39.1 Å². The van der Waals surface area contributed by atoms with Gasteiger partial charge in [-0.15, -0.1) is 0 Å². The van der Waals surface area contributed by atoms with Crippen LogP contribution in [0.4, 0.5) is 9.93 Å². The van der Waals surface area contributed by atoms with E-state index in [0.717, 1.165) is 17.4 Å². The van der Waals surface area contributed by atoms with Crippen LogP contribution in [0.3, 0.4) is 0 Å². The average molecular weight is 646 g/mol. The third kappa shape index (κ3) is 7.61. The van der Waals surface area contributed by atoms with Crippen molar-refractivity contribution in [2.75, 3.05) is 31.7 Å². The van der Waals surface area contributed by atoms with Crippen LogP contribution in [0.1, 0.15) is 22.6 Å². The standard InChI is InChI=1S/C25H34Cl2N6O6SSi/c1-14-17(26)18(27)19(29-14)22(34)30-15-6-8-32(12-16(15)37-2)24-31-20(23(40-24)39-25(35)36)21-28-7-9-33(21)13-38-10-11-41(3,4)5/h7,9,15-16,29H,6,8,10-13H2,1-5H3,(H,30,34)(H,35,36)/t15-,16+/m1/s1. The maximum Gasteiger partial charge on any atom is 0.512 e. The van der Waals surface area contributed by atoms with E-state index in [0.29, 0.717) is 53.5 Å². The molecule has 1 amide bonds. The van der Waals surface area contributed by atoms with E-state index < -0.39 is 14.2 Å². The minimum absolute atomic E-state index is 0.111. The zero-order chi connectivity index (χ0) is 29.9. The predicted molar refractivity (Wildman–Crippen MR) is 161 cm³/mol. The summed E-state index contributed by atoms with van der Waals surface area (Å²) in [4.78, 5) is 38.4. The minimum atomic E-state index is -1.44. The third-order valence-electron chi connectivity index (χ3n) is 6.65. The van der Waals surface area contributed by atoms with Crippen LogP contribution in [-0.2, 0) is 16.2 Å². The molecule has 0 aliphatic carbocycles. The Morgan fingerprint density at radius 3 is 2.68 bits per heavy atom. The van der Waals surface area contributed by atoms with Crippen molar-refractivity contribution in [3.8, 4) is 16.6 Å². The number of carbonyl (C=O) groups excluding carboxylic acids is 1. The molecule has 2 atom stereocenters. The number of H-pyrrole nitrogens is 1. The first-order valence-corrected chi connectivity index (χ1v) is 18.3. The molecule has 224 valence electrons. The smallest absolute Gasteiger partial charge is 0.449 e. The average Bonchev–Trinajstić information content (AvgIpc) is 3.60. The van der Waals surface area contributed by atoms with E-state index in [-0.39, 0.29) is 40.6 Å². The summed E-state index contributed by atoms with van der Waals surface area (Å²) in [7, 11) is 0.329. The van der Waals surface area contributed by atoms with Gasteiger partial charge in [0.2, 0.25) is 5.06 Å². The summed E-state index contributed by atoms with van der Waals surface area (Å²) >= 11 is 13.5. The van der Waals surface area contributed by atoms with E-state index in [4.69, 9.17) is 42.4 Å². The number of hydrogen-bond acceptors (Lipinski definition) is 9. The first-order valence-electron chi connectivity index (χ1n) is 13.0. The van der Waals surface area contributed by atoms with Crippen molar-refractivity contribution in [3.63, 3.8) is 0 Å². The predicted octanol–water partition coefficient (Wildman–Crippen LogP) is 5.34. The van der Waals surface area contributed by atoms with Crippen LogP contribution in [0.25, 0.3) is 11.5 Å². The molecular formula is C25H34Cl2N6O6SSi. The van der Waals surface area contributed by atoms with E-state index in [9.17, 15) is 14.7 Å². The molecule has 12 nitrogen and oxygen atoms in total. The number of aromatic nitrogens is 4. The number of carbonyl (C=O) groups is 2. The second-order valence-corrected chi connectivity index (χ2v) is 18.2. The van der Waals surface area contributed by atoms with Gasteiger partial charge in [-0.3, -0.25) is 4.79 Å². The molecule has 1 fully saturated rings. The van der Waals surface area contributed by atoms with Gasteiger partial charge >= 0.3 is 6.16 Å². The Kier molecular flexibility index (Phi) is 10.0. The number of ether oxygens (including phenoxy) is 3. The first-order chi connectivity index (χ1) is 19.4. The Labute approximate surface area is 252 Å². The lowest BCUT2D eigenvalue weighted by Gasteiger charge is -2.37. The number of thiazole rings is 1. The minimum Gasteiger partial charge on any atom is -0.449 e. The van der Waals surface area contributed by atoms with E-state index in [1.165, 1.54) is 0 Å². The van der Waals surface area contributed by atoms with E-state index in [1.807, 2.05) is 4.90 Å². The number of carboxylic acid groups (broad SMARTS) is 1. The molecule has 4 rings (SSSR count). The molecule has 0 radical (unpaired) electrons. The van der Waals surface area contributed by atoms with Crippen molar-refractivity contribution in [1.82, 2.24) is 24.8 Å². The molecule has 0 saturated carbocycles. The number of methoxy groups -OCH3 is 1. The van der Waals surface area contributed by atoms with Crippen molar-refractivity contribution >= 4 is 59.8 Å². The number of imidazole rings is 1. The second-order valence-electron chi connectivity index (χ2n) is 10.9. The Morgan fingerprint density at radius 2 is 2.05 bits per heavy atom. The highest BCUT2D eigenvalue weighted by Crippen LogP contribution is 2.40. The Balaban J connectivity index is 1.49. The fraction of sp³-hybridized carbons (Fsp3) is 0.520. The Hall–Kier alpha value is -2.62. The van der Waals surface area contributed by atoms with Crippen molar-refractivity contribution in [1.29, 1.82) is 0 Å². The fourth-order valence-corrected chi connectivity index (χ4v) is 6.47. The summed E-state index contributed by atoms with van der Waals surface area (Å²) in [6.45, 7) is 10.4. The highest BCUT2D eigenvalue weighted by Gasteiger charge is 2.34. The monoisotopic (exact) mass is 644 g/mol. The Bertz CT molecular complexity index is 1390. The number of anilines is 1. The van der Waals surface area contributed by atoms with E-state index in [2.05, 4.69) is 34.9 Å². The number of halogens is 2. The zero-order valence-corrected chi connectivity index (χ0v) is 26.8. The van der Waals surface area contributed by atoms with Crippen molar-refractivity contribution in [3.05, 3.63) is 33.8 Å². The SMILES string of the molecule is CO[C@H]1CN(c2nc(-c3nccn3COCC[Si](C)(C)C)c(OC(=O)O)s2)CC[C@H]1NC(=O)c1[nH]c(C)c(Cl)c1Cl. The van der Waals surface area contributed by atoms with Gasteiger partial charge in [0.1, 0.15) is 12.4 Å². The number of hydrogen-bond donors (Lipinski definition) is 3. The third-order valence-corrected chi connectivity index (χ3v) is 10.3. The maximum absolute atomic E-state index is 12.9. The molecule has 0 bridgehead atoms. The molecule has 41 heavy (non-hydrogen) atoms. The van der Waals surface area contributed by atoms with E-state index >= 15 is 0 Å². The van der Waals surface area contributed by atoms with Gasteiger partial charge in [-0.1, -0.05) is 54.2 Å². The highest BCUT2D eigenvalue weighted by molar-refractivity contribution is 7.18. The maximum atomic E-state index is 12.9. The van der Waals surface area contributed by atoms with Crippen LogP contribution >= 0.6 is 34.5 Å². The van der Waals surface area contributed by atoms with Gasteiger partial charge in [-0.25, -0.2) is 14.8 Å². The largest absolute Gasteiger partial charge is 0.512 e. The van der Waals surface area contributed by atoms with Gasteiger partial charge in [0, 0.05) is 53.0 Å². The van der Waals surface area contributed by atoms with Crippen LogP contribution in [0.5, 0.6) is 5.06 Å². The van der Waals surface area contributed by atoms with Crippen LogP contribution in [0, 0.1) is 6.92 Å². The number of rotatable bonds is 11. The molecule has 4 heterocycles. The summed E-state index contributed by atoms with van der Waals surface area (Å²) in [5.74, 6) is 0.0667. The molecule has 0 spiro atoms. The molecule has 3 N–H and O–H groups in total. The molecule has 1 aliphatic heterocycles. The molecular weight excluding hydrogens is 611 g/mol. The molecule has 0 aromatic carbocycles. The summed E-state index contributed by atoms with van der Waals surface area (Å²) < 4.78 is 18.5. The molecule has 0 unspecified atom stereocenters. The lowest BCUT2D eigenvalue weighted by molar-refractivity contribution is 0.0540. The van der Waals surface area contributed by atoms with Crippen LogP contribution in [-0.4, -0.2) is 83.7 Å². The van der Waals surface area contributed by atoms with Gasteiger partial charge in [0.25, 0.3) is 5.91 Å². The van der Waals surface area contributed by atoms with Crippen molar-refractivity contribution in [2.24, 2.45) is 0 Å². The lowest BCUT2D eigenvalue weighted by atomic mass is 10.0. The number of piperidine rings is 1. The number of aryl methyl sites for hydroxylation is 1. The molecule has 3 aromatic rings. The zero-order valence-electron chi connectivity index (χ0n) is 23.5. The van der Waals surface area contributed by atoms with Crippen molar-refractivity contribution in [2.45, 2.75) is 57.9 Å². The second kappa shape index (κ2) is 13.1. The number of nitrogens with zero attached hydrogens (tertiary/aromatic N) is 4. The quantitative estimate of drug-likeness (QED) is 0.143. The van der Waals surface area contributed by atoms with E-state index in [1.54, 1.807) is 31.0 Å². The van der Waals surface area contributed by atoms with Crippen LogP contribution in [0.2, 0.25) is 35.7 Å². The molecule has 1 saturated heterocycles. The van der Waals surface area contributed by atoms with Crippen LogP contribution in [0.15, 0.2) is 12.4 Å². The topological polar surface area (TPSA) is 144 Å². The molecule has 1 aliphatic rings. The van der Waals surface area contributed by atoms with Gasteiger partial charge in [0.15, 0.2) is 16.6 Å². The number of nitrogens with one attached hydrogen (secondary N) is 2. The number of aromatic amines is 1. The first kappa shape index (κ1) is 31.3. The molecule has 3 aromatic heterocycles. The van der Waals surface area contributed by atoms with Crippen molar-refractivity contribution < 1.29 is 28.9 Å². The normalized spacial score (nSPS) is 17.6. The fourth-order valence-electron chi connectivity index (χ4n) is 4.35. The number of amides is 1. The summed E-state index contributed by atoms with van der Waals surface area (Å²) in [5, 5.41) is 13.5. The summed E-state index contributed by atoms with van der Waals surface area (Å²) in [5.41, 5.74) is 1.12. The Morgan fingerprint density at radius 1 is 1.29 bits per heavy atom. The highest BCUT2D eigenvalue weighted by atomic mass is 35.5. The van der Waals surface area contributed by atoms with Gasteiger partial charge in [0.05, 0.1) is 22.2 Å². The summed E-state index contributed by atoms with van der Waals surface area (Å²) in [6, 6.07) is 0.719. The van der Waals surface area contributed by atoms with Crippen LogP contribution < -0.4 is 15.0 Å². The molecule has 16 heteroatoms.